The number of rotatable bonds is 5. The van der Waals surface area contributed by atoms with Gasteiger partial charge in [-0.15, -0.1) is 0 Å². The van der Waals surface area contributed by atoms with Gasteiger partial charge in [-0.05, 0) is 37.3 Å². The van der Waals surface area contributed by atoms with Crippen LogP contribution in [0.15, 0.2) is 30.3 Å². The third-order valence-corrected chi connectivity index (χ3v) is 6.20. The number of nitrogens with one attached hydrogen (secondary N) is 3. The number of nitrogens with zero attached hydrogens (tertiary/aromatic N) is 2. The number of fused-ring (bicyclic) bond motifs is 1. The Bertz CT molecular complexity index is 850. The second-order valence-electron chi connectivity index (χ2n) is 7.96. The summed E-state index contributed by atoms with van der Waals surface area (Å²) in [5.41, 5.74) is 4.65. The van der Waals surface area contributed by atoms with Crippen molar-refractivity contribution in [1.29, 1.82) is 5.26 Å². The van der Waals surface area contributed by atoms with E-state index in [9.17, 15) is 5.26 Å². The summed E-state index contributed by atoms with van der Waals surface area (Å²) >= 11 is 0. The predicted molar refractivity (Wildman–Crippen MR) is 111 cm³/mol. The number of quaternary nitrogens is 1. The average molecular weight is 378 g/mol. The Morgan fingerprint density at radius 2 is 1.93 bits per heavy atom. The van der Waals surface area contributed by atoms with Crippen molar-refractivity contribution in [1.82, 2.24) is 0 Å². The van der Waals surface area contributed by atoms with Crippen LogP contribution in [0.1, 0.15) is 48.4 Å². The molecule has 1 fully saturated rings. The van der Waals surface area contributed by atoms with Crippen molar-refractivity contribution in [2.45, 2.75) is 45.7 Å². The van der Waals surface area contributed by atoms with Crippen molar-refractivity contribution in [2.75, 3.05) is 36.4 Å². The van der Waals surface area contributed by atoms with Gasteiger partial charge in [0.05, 0.1) is 38.3 Å². The maximum Gasteiger partial charge on any atom is 0.237 e. The monoisotopic (exact) mass is 377 g/mol. The van der Waals surface area contributed by atoms with Gasteiger partial charge < -0.3 is 10.2 Å². The molecule has 1 atom stereocenters. The standard InChI is InChI=1S/C23H29N5/c1-2-27-14-11-19-20(15-24)22(25-16-18-9-5-3-6-10-18)26-23(21(19)17-27)28-12-7-4-8-13-28/h3,5-6,9-10H,2,4,7-8,11-14,16-17H2,1H3,(H,25,26)/p+2. The smallest absolute Gasteiger partial charge is 0.237 e. The summed E-state index contributed by atoms with van der Waals surface area (Å²) in [6.45, 7) is 8.45. The Morgan fingerprint density at radius 3 is 2.64 bits per heavy atom. The lowest BCUT2D eigenvalue weighted by atomic mass is 9.94. The van der Waals surface area contributed by atoms with Gasteiger partial charge in [-0.3, -0.25) is 4.90 Å². The Hall–Kier alpha value is -2.58. The molecular formula is C23H31N5+2. The van der Waals surface area contributed by atoms with Gasteiger partial charge in [0.2, 0.25) is 11.6 Å². The first-order chi connectivity index (χ1) is 13.8. The van der Waals surface area contributed by atoms with Crippen LogP contribution in [-0.4, -0.2) is 26.2 Å². The molecule has 1 aromatic heterocycles. The van der Waals surface area contributed by atoms with Crippen molar-refractivity contribution in [3.8, 4) is 6.07 Å². The number of piperidine rings is 1. The zero-order valence-electron chi connectivity index (χ0n) is 16.9. The number of benzene rings is 1. The summed E-state index contributed by atoms with van der Waals surface area (Å²) in [6, 6.07) is 12.9. The fraction of sp³-hybridized carbons (Fsp3) is 0.478. The number of hydrogen-bond acceptors (Lipinski definition) is 3. The molecular weight excluding hydrogens is 346 g/mol. The highest BCUT2D eigenvalue weighted by Crippen LogP contribution is 2.29. The Kier molecular flexibility index (Phi) is 5.78. The van der Waals surface area contributed by atoms with E-state index in [-0.39, 0.29) is 0 Å². The van der Waals surface area contributed by atoms with Crippen LogP contribution < -0.4 is 20.1 Å². The van der Waals surface area contributed by atoms with Crippen molar-refractivity contribution >= 4 is 11.6 Å². The van der Waals surface area contributed by atoms with Crippen LogP contribution in [0, 0.1) is 11.3 Å². The van der Waals surface area contributed by atoms with E-state index >= 15 is 0 Å². The molecule has 3 N–H and O–H groups in total. The summed E-state index contributed by atoms with van der Waals surface area (Å²) in [7, 11) is 0. The average Bonchev–Trinajstić information content (AvgIpc) is 2.77. The number of aromatic amines is 1. The Morgan fingerprint density at radius 1 is 1.14 bits per heavy atom. The molecule has 146 valence electrons. The van der Waals surface area contributed by atoms with E-state index in [4.69, 9.17) is 0 Å². The number of hydrogen-bond donors (Lipinski definition) is 2. The van der Waals surface area contributed by atoms with Gasteiger partial charge in [-0.2, -0.15) is 5.26 Å². The van der Waals surface area contributed by atoms with Gasteiger partial charge in [0.15, 0.2) is 0 Å². The lowest BCUT2D eigenvalue weighted by Gasteiger charge is -2.31. The summed E-state index contributed by atoms with van der Waals surface area (Å²) in [6.07, 6.45) is 4.80. The number of H-pyrrole nitrogens is 1. The van der Waals surface area contributed by atoms with E-state index in [2.05, 4.69) is 52.5 Å². The summed E-state index contributed by atoms with van der Waals surface area (Å²) in [4.78, 5) is 7.77. The van der Waals surface area contributed by atoms with Gasteiger partial charge in [0.25, 0.3) is 0 Å². The molecule has 1 unspecified atom stereocenters. The highest BCUT2D eigenvalue weighted by atomic mass is 15.2. The van der Waals surface area contributed by atoms with Crippen LogP contribution in [-0.2, 0) is 19.5 Å². The van der Waals surface area contributed by atoms with Crippen LogP contribution in [0.5, 0.6) is 0 Å². The normalized spacial score (nSPS) is 19.0. The van der Waals surface area contributed by atoms with E-state index in [0.717, 1.165) is 57.1 Å². The minimum absolute atomic E-state index is 0.719. The number of anilines is 2. The van der Waals surface area contributed by atoms with E-state index in [1.54, 1.807) is 4.90 Å². The first-order valence-corrected chi connectivity index (χ1v) is 10.7. The Labute approximate surface area is 168 Å². The number of nitriles is 1. The first kappa shape index (κ1) is 18.8. The van der Waals surface area contributed by atoms with Gasteiger partial charge in [0, 0.05) is 6.42 Å². The van der Waals surface area contributed by atoms with Crippen molar-refractivity contribution in [3.63, 3.8) is 0 Å². The third kappa shape index (κ3) is 3.83. The second kappa shape index (κ2) is 8.62. The molecule has 0 amide bonds. The molecule has 1 aromatic carbocycles. The molecule has 0 aliphatic carbocycles. The fourth-order valence-electron chi connectivity index (χ4n) is 4.54. The molecule has 3 heterocycles. The highest BCUT2D eigenvalue weighted by Gasteiger charge is 2.32. The number of likely N-dealkylation sites (N-methyl/N-ethyl adjacent to an activating group) is 1. The van der Waals surface area contributed by atoms with Crippen LogP contribution >= 0.6 is 0 Å². The van der Waals surface area contributed by atoms with Crippen LogP contribution in [0.25, 0.3) is 0 Å². The topological polar surface area (TPSA) is 57.6 Å². The van der Waals surface area contributed by atoms with Crippen molar-refractivity contribution in [2.24, 2.45) is 0 Å². The third-order valence-electron chi connectivity index (χ3n) is 6.20. The molecule has 2 aromatic rings. The number of pyridine rings is 1. The molecule has 0 radical (unpaired) electrons. The maximum absolute atomic E-state index is 9.97. The molecule has 0 bridgehead atoms. The predicted octanol–water partition coefficient (Wildman–Crippen LogP) is 1.94. The highest BCUT2D eigenvalue weighted by molar-refractivity contribution is 5.61. The van der Waals surface area contributed by atoms with Crippen LogP contribution in [0.2, 0.25) is 0 Å². The molecule has 0 spiro atoms. The fourth-order valence-corrected chi connectivity index (χ4v) is 4.54. The molecule has 1 saturated heterocycles. The lowest BCUT2D eigenvalue weighted by Crippen LogP contribution is -3.11. The quantitative estimate of drug-likeness (QED) is 0.837. The van der Waals surface area contributed by atoms with Crippen molar-refractivity contribution < 1.29 is 9.88 Å². The van der Waals surface area contributed by atoms with Crippen LogP contribution in [0.3, 0.4) is 0 Å². The summed E-state index contributed by atoms with van der Waals surface area (Å²) < 4.78 is 0. The largest absolute Gasteiger partial charge is 0.331 e. The van der Waals surface area contributed by atoms with Crippen molar-refractivity contribution in [3.05, 3.63) is 52.6 Å². The zero-order valence-corrected chi connectivity index (χ0v) is 16.9. The van der Waals surface area contributed by atoms with Gasteiger partial charge in [-0.25, -0.2) is 4.98 Å². The van der Waals surface area contributed by atoms with Crippen LogP contribution in [0.4, 0.5) is 11.6 Å². The maximum atomic E-state index is 9.97. The van der Waals surface area contributed by atoms with E-state index in [0.29, 0.717) is 0 Å². The zero-order chi connectivity index (χ0) is 19.3. The molecule has 2 aliphatic heterocycles. The van der Waals surface area contributed by atoms with Gasteiger partial charge in [-0.1, -0.05) is 30.3 Å². The Balaban J connectivity index is 1.72. The molecule has 5 nitrogen and oxygen atoms in total. The molecule has 5 heteroatoms. The van der Waals surface area contributed by atoms with E-state index in [1.165, 1.54) is 41.8 Å². The minimum Gasteiger partial charge on any atom is -0.331 e. The van der Waals surface area contributed by atoms with Gasteiger partial charge >= 0.3 is 0 Å². The molecule has 4 rings (SSSR count). The van der Waals surface area contributed by atoms with E-state index in [1.807, 2.05) is 6.07 Å². The molecule has 0 saturated carbocycles. The first-order valence-electron chi connectivity index (χ1n) is 10.7. The minimum atomic E-state index is 0.719. The molecule has 28 heavy (non-hydrogen) atoms. The van der Waals surface area contributed by atoms with E-state index < -0.39 is 0 Å². The second-order valence-corrected chi connectivity index (χ2v) is 7.96. The van der Waals surface area contributed by atoms with Gasteiger partial charge in [0.1, 0.15) is 18.2 Å². The summed E-state index contributed by atoms with van der Waals surface area (Å²) in [5, 5.41) is 13.5. The molecule has 2 aliphatic rings. The lowest BCUT2D eigenvalue weighted by molar-refractivity contribution is -0.914. The summed E-state index contributed by atoms with van der Waals surface area (Å²) in [5.74, 6) is 2.13. The number of aromatic nitrogens is 1. The SMILES string of the molecule is CC[NH+]1CCc2c(C#N)c(NCc3ccccc3)[nH+]c(N3CCCCC3)c2C1.